The van der Waals surface area contributed by atoms with Gasteiger partial charge in [0.25, 0.3) is 5.91 Å². The van der Waals surface area contributed by atoms with Gasteiger partial charge in [0.05, 0.1) is 17.0 Å². The summed E-state index contributed by atoms with van der Waals surface area (Å²) in [5, 5.41) is 5.40. The Labute approximate surface area is 197 Å². The van der Waals surface area contributed by atoms with Crippen LogP contribution in [-0.4, -0.2) is 49.4 Å². The van der Waals surface area contributed by atoms with E-state index < -0.39 is 24.5 Å². The van der Waals surface area contributed by atoms with Crippen LogP contribution in [0.2, 0.25) is 0 Å². The zero-order valence-electron chi connectivity index (χ0n) is 19.3. The lowest BCUT2D eigenvalue weighted by molar-refractivity contribution is -0.146. The summed E-state index contributed by atoms with van der Waals surface area (Å²) < 4.78 is 10.7. The Morgan fingerprint density at radius 3 is 2.45 bits per heavy atom. The van der Waals surface area contributed by atoms with E-state index in [2.05, 4.69) is 10.6 Å². The SMILES string of the molecule is CCOc1ccccc1C(=O)NC(C(=O)OCC(=O)c1ccc(CCNC(C)=O)s1)C(C)C. The van der Waals surface area contributed by atoms with Crippen LogP contribution in [0.1, 0.15) is 52.6 Å². The smallest absolute Gasteiger partial charge is 0.329 e. The molecular weight excluding hydrogens is 444 g/mol. The number of carbonyl (C=O) groups excluding carboxylic acids is 4. The average molecular weight is 475 g/mol. The van der Waals surface area contributed by atoms with Gasteiger partial charge in [0, 0.05) is 18.3 Å². The van der Waals surface area contributed by atoms with Crippen LogP contribution in [0.15, 0.2) is 36.4 Å². The molecule has 9 heteroatoms. The summed E-state index contributed by atoms with van der Waals surface area (Å²) in [6.45, 7) is 7.30. The van der Waals surface area contributed by atoms with Gasteiger partial charge in [0.15, 0.2) is 6.61 Å². The predicted octanol–water partition coefficient (Wildman–Crippen LogP) is 3.01. The van der Waals surface area contributed by atoms with Crippen molar-refractivity contribution in [3.05, 3.63) is 51.7 Å². The number of esters is 1. The molecule has 2 N–H and O–H groups in total. The van der Waals surface area contributed by atoms with Crippen molar-refractivity contribution in [2.75, 3.05) is 19.8 Å². The highest BCUT2D eigenvalue weighted by atomic mass is 32.1. The maximum Gasteiger partial charge on any atom is 0.329 e. The number of thiophene rings is 1. The quantitative estimate of drug-likeness (QED) is 0.361. The summed E-state index contributed by atoms with van der Waals surface area (Å²) >= 11 is 1.30. The van der Waals surface area contributed by atoms with Crippen molar-refractivity contribution in [1.82, 2.24) is 10.6 Å². The van der Waals surface area contributed by atoms with Crippen LogP contribution in [0, 0.1) is 5.92 Å². The molecule has 0 spiro atoms. The second-order valence-corrected chi connectivity index (χ2v) is 8.82. The number of benzene rings is 1. The Morgan fingerprint density at radius 2 is 1.79 bits per heavy atom. The lowest BCUT2D eigenvalue weighted by atomic mass is 10.0. The molecule has 0 aliphatic carbocycles. The van der Waals surface area contributed by atoms with Crippen LogP contribution in [0.3, 0.4) is 0 Å². The van der Waals surface area contributed by atoms with Crippen molar-refractivity contribution in [3.63, 3.8) is 0 Å². The number of para-hydroxylation sites is 1. The van der Waals surface area contributed by atoms with Gasteiger partial charge in [-0.2, -0.15) is 0 Å². The first kappa shape index (κ1) is 26.1. The van der Waals surface area contributed by atoms with Crippen LogP contribution < -0.4 is 15.4 Å². The van der Waals surface area contributed by atoms with Crippen LogP contribution >= 0.6 is 11.3 Å². The Morgan fingerprint density at radius 1 is 1.06 bits per heavy atom. The Bertz CT molecular complexity index is 985. The van der Waals surface area contributed by atoms with E-state index in [-0.39, 0.29) is 17.6 Å². The number of ether oxygens (including phenoxy) is 2. The van der Waals surface area contributed by atoms with Gasteiger partial charge in [-0.05, 0) is 43.5 Å². The van der Waals surface area contributed by atoms with Crippen LogP contribution in [0.5, 0.6) is 5.75 Å². The Balaban J connectivity index is 1.95. The summed E-state index contributed by atoms with van der Waals surface area (Å²) in [6, 6.07) is 9.35. The van der Waals surface area contributed by atoms with Crippen molar-refractivity contribution >= 4 is 34.9 Å². The van der Waals surface area contributed by atoms with Crippen LogP contribution in [0.25, 0.3) is 0 Å². The van der Waals surface area contributed by atoms with E-state index >= 15 is 0 Å². The second-order valence-electron chi connectivity index (χ2n) is 7.65. The first-order chi connectivity index (χ1) is 15.7. The van der Waals surface area contributed by atoms with Gasteiger partial charge < -0.3 is 20.1 Å². The molecule has 1 unspecified atom stereocenters. The van der Waals surface area contributed by atoms with Gasteiger partial charge >= 0.3 is 5.97 Å². The number of amides is 2. The van der Waals surface area contributed by atoms with Crippen molar-refractivity contribution in [2.24, 2.45) is 5.92 Å². The molecule has 2 aromatic rings. The minimum Gasteiger partial charge on any atom is -0.493 e. The Hall–Kier alpha value is -3.20. The largest absolute Gasteiger partial charge is 0.493 e. The highest BCUT2D eigenvalue weighted by molar-refractivity contribution is 7.14. The molecule has 2 amide bonds. The standard InChI is InChI=1S/C24H30N2O6S/c1-5-31-20-9-7-6-8-18(20)23(29)26-22(15(2)3)24(30)32-14-19(28)21-11-10-17(33-21)12-13-25-16(4)27/h6-11,15,22H,5,12-14H2,1-4H3,(H,25,27)(H,26,29). The van der Waals surface area contributed by atoms with Crippen molar-refractivity contribution in [2.45, 2.75) is 40.2 Å². The van der Waals surface area contributed by atoms with E-state index in [1.165, 1.54) is 18.3 Å². The fourth-order valence-electron chi connectivity index (χ4n) is 2.97. The molecule has 33 heavy (non-hydrogen) atoms. The monoisotopic (exact) mass is 474 g/mol. The lowest BCUT2D eigenvalue weighted by Gasteiger charge is -2.21. The normalized spacial score (nSPS) is 11.5. The molecular formula is C24H30N2O6S. The van der Waals surface area contributed by atoms with Crippen molar-refractivity contribution in [3.8, 4) is 5.75 Å². The second kappa shape index (κ2) is 12.7. The first-order valence-corrected chi connectivity index (χ1v) is 11.6. The average Bonchev–Trinajstić information content (AvgIpc) is 3.24. The highest BCUT2D eigenvalue weighted by Crippen LogP contribution is 2.20. The van der Waals surface area contributed by atoms with Gasteiger partial charge in [0.1, 0.15) is 11.8 Å². The Kier molecular flexibility index (Phi) is 10.1. The number of hydrogen-bond donors (Lipinski definition) is 2. The fourth-order valence-corrected chi connectivity index (χ4v) is 3.91. The summed E-state index contributed by atoms with van der Waals surface area (Å²) in [7, 11) is 0. The first-order valence-electron chi connectivity index (χ1n) is 10.8. The third kappa shape index (κ3) is 8.02. The van der Waals surface area contributed by atoms with E-state index in [1.807, 2.05) is 13.0 Å². The number of Topliss-reactive ketones (excluding diaryl/α,β-unsaturated/α-hetero) is 1. The van der Waals surface area contributed by atoms with E-state index in [0.29, 0.717) is 35.8 Å². The van der Waals surface area contributed by atoms with Crippen molar-refractivity contribution < 1.29 is 28.7 Å². The van der Waals surface area contributed by atoms with E-state index in [9.17, 15) is 19.2 Å². The molecule has 1 aromatic carbocycles. The highest BCUT2D eigenvalue weighted by Gasteiger charge is 2.28. The number of hydrogen-bond acceptors (Lipinski definition) is 7. The molecule has 0 aliphatic heterocycles. The minimum atomic E-state index is -0.920. The van der Waals surface area contributed by atoms with Gasteiger partial charge in [-0.25, -0.2) is 4.79 Å². The topological polar surface area (TPSA) is 111 Å². The van der Waals surface area contributed by atoms with Crippen LogP contribution in [-0.2, 0) is 20.7 Å². The van der Waals surface area contributed by atoms with Crippen molar-refractivity contribution in [1.29, 1.82) is 0 Å². The third-order valence-electron chi connectivity index (χ3n) is 4.67. The zero-order valence-corrected chi connectivity index (χ0v) is 20.1. The third-order valence-corrected chi connectivity index (χ3v) is 5.85. The molecule has 1 heterocycles. The number of nitrogens with one attached hydrogen (secondary N) is 2. The zero-order chi connectivity index (χ0) is 24.4. The number of carbonyl (C=O) groups is 4. The maximum absolute atomic E-state index is 12.8. The summed E-state index contributed by atoms with van der Waals surface area (Å²) in [6.07, 6.45) is 0.613. The maximum atomic E-state index is 12.8. The summed E-state index contributed by atoms with van der Waals surface area (Å²) in [5.41, 5.74) is 0.319. The van der Waals surface area contributed by atoms with E-state index in [4.69, 9.17) is 9.47 Å². The lowest BCUT2D eigenvalue weighted by Crippen LogP contribution is -2.45. The molecule has 1 atom stereocenters. The molecule has 0 saturated carbocycles. The summed E-state index contributed by atoms with van der Waals surface area (Å²) in [4.78, 5) is 50.2. The minimum absolute atomic E-state index is 0.108. The molecule has 0 saturated heterocycles. The van der Waals surface area contributed by atoms with E-state index in [1.54, 1.807) is 44.2 Å². The predicted molar refractivity (Wildman–Crippen MR) is 126 cm³/mol. The molecule has 2 rings (SSSR count). The van der Waals surface area contributed by atoms with Gasteiger partial charge in [-0.3, -0.25) is 14.4 Å². The van der Waals surface area contributed by atoms with E-state index in [0.717, 1.165) is 4.88 Å². The van der Waals surface area contributed by atoms with Gasteiger partial charge in [-0.15, -0.1) is 11.3 Å². The number of ketones is 1. The fraction of sp³-hybridized carbons (Fsp3) is 0.417. The molecule has 1 aromatic heterocycles. The molecule has 8 nitrogen and oxygen atoms in total. The number of rotatable bonds is 12. The molecule has 0 aliphatic rings. The van der Waals surface area contributed by atoms with Gasteiger partial charge in [-0.1, -0.05) is 26.0 Å². The molecule has 178 valence electrons. The summed E-state index contributed by atoms with van der Waals surface area (Å²) in [5.74, 6) is -1.39. The molecule has 0 fully saturated rings. The molecule has 0 bridgehead atoms. The van der Waals surface area contributed by atoms with Gasteiger partial charge in [0.2, 0.25) is 11.7 Å². The molecule has 0 radical (unpaired) electrons. The van der Waals surface area contributed by atoms with Crippen LogP contribution in [0.4, 0.5) is 0 Å².